The van der Waals surface area contributed by atoms with Crippen molar-refractivity contribution < 1.29 is 4.79 Å². The van der Waals surface area contributed by atoms with Crippen LogP contribution in [0.15, 0.2) is 22.7 Å². The van der Waals surface area contributed by atoms with E-state index < -0.39 is 0 Å². The van der Waals surface area contributed by atoms with Crippen molar-refractivity contribution in [1.29, 1.82) is 0 Å². The van der Waals surface area contributed by atoms with E-state index in [1.54, 1.807) is 0 Å². The summed E-state index contributed by atoms with van der Waals surface area (Å²) in [4.78, 5) is 13.9. The minimum Gasteiger partial charge on any atom is -0.397 e. The molecule has 0 aliphatic heterocycles. The van der Waals surface area contributed by atoms with Crippen LogP contribution in [0.3, 0.4) is 0 Å². The first kappa shape index (κ1) is 13.2. The van der Waals surface area contributed by atoms with Crippen molar-refractivity contribution in [3.05, 3.63) is 22.7 Å². The first-order valence-electron chi connectivity index (χ1n) is 6.07. The highest BCUT2D eigenvalue weighted by Gasteiger charge is 2.27. The monoisotopic (exact) mass is 311 g/mol. The molecule has 0 spiro atoms. The number of hydrogen-bond acceptors (Lipinski definition) is 3. The molecule has 0 bridgehead atoms. The molecule has 1 aliphatic rings. The van der Waals surface area contributed by atoms with Crippen molar-refractivity contribution in [3.8, 4) is 0 Å². The Kier molecular flexibility index (Phi) is 3.80. The van der Waals surface area contributed by atoms with Gasteiger partial charge in [-0.25, -0.2) is 0 Å². The van der Waals surface area contributed by atoms with Gasteiger partial charge in [0.2, 0.25) is 5.91 Å². The van der Waals surface area contributed by atoms with Gasteiger partial charge in [-0.2, -0.15) is 0 Å². The van der Waals surface area contributed by atoms with Gasteiger partial charge in [-0.05, 0) is 38.0 Å². The Labute approximate surface area is 116 Å². The van der Waals surface area contributed by atoms with Gasteiger partial charge < -0.3 is 16.0 Å². The maximum Gasteiger partial charge on any atom is 0.242 e. The molecule has 1 aromatic carbocycles. The number of nitrogen functional groups attached to an aromatic ring is 1. The molecule has 1 unspecified atom stereocenters. The quantitative estimate of drug-likeness (QED) is 0.838. The standard InChI is InChI=1S/C13H18BrN3O/c1-8(13(18)16-10-4-5-10)17(2)12-6-3-9(14)7-11(12)15/h3,6-8,10H,4-5,15H2,1-2H3,(H,16,18). The number of halogens is 1. The lowest BCUT2D eigenvalue weighted by atomic mass is 10.2. The van der Waals surface area contributed by atoms with Crippen LogP contribution in [0, 0.1) is 0 Å². The zero-order valence-corrected chi connectivity index (χ0v) is 12.2. The largest absolute Gasteiger partial charge is 0.397 e. The lowest BCUT2D eigenvalue weighted by Gasteiger charge is -2.27. The van der Waals surface area contributed by atoms with Gasteiger partial charge in [0, 0.05) is 17.6 Å². The first-order chi connectivity index (χ1) is 8.49. The second-order valence-corrected chi connectivity index (χ2v) is 5.69. The molecule has 1 amide bonds. The maximum absolute atomic E-state index is 12.0. The number of rotatable bonds is 4. The Morgan fingerprint density at radius 3 is 2.78 bits per heavy atom. The van der Waals surface area contributed by atoms with Crippen LogP contribution in [0.1, 0.15) is 19.8 Å². The van der Waals surface area contributed by atoms with Crippen molar-refractivity contribution >= 4 is 33.2 Å². The number of anilines is 2. The van der Waals surface area contributed by atoms with Gasteiger partial charge in [-0.3, -0.25) is 4.79 Å². The molecule has 1 aliphatic carbocycles. The molecule has 3 N–H and O–H groups in total. The number of hydrogen-bond donors (Lipinski definition) is 2. The SMILES string of the molecule is CC(C(=O)NC1CC1)N(C)c1ccc(Br)cc1N. The Bertz CT molecular complexity index is 460. The third-order valence-corrected chi connectivity index (χ3v) is 3.75. The number of carbonyl (C=O) groups excluding carboxylic acids is 1. The molecular weight excluding hydrogens is 294 g/mol. The van der Waals surface area contributed by atoms with E-state index in [-0.39, 0.29) is 11.9 Å². The number of nitrogens with zero attached hydrogens (tertiary/aromatic N) is 1. The number of nitrogens with one attached hydrogen (secondary N) is 1. The molecule has 1 saturated carbocycles. The van der Waals surface area contributed by atoms with E-state index in [1.165, 1.54) is 0 Å². The van der Waals surface area contributed by atoms with Crippen molar-refractivity contribution in [1.82, 2.24) is 5.32 Å². The van der Waals surface area contributed by atoms with Crippen LogP contribution in [0.5, 0.6) is 0 Å². The summed E-state index contributed by atoms with van der Waals surface area (Å²) in [6, 6.07) is 5.84. The average Bonchev–Trinajstić information content (AvgIpc) is 3.11. The predicted octanol–water partition coefficient (Wildman–Crippen LogP) is 2.13. The number of benzene rings is 1. The molecule has 1 fully saturated rings. The Balaban J connectivity index is 2.08. The minimum absolute atomic E-state index is 0.0577. The number of nitrogens with two attached hydrogens (primary N) is 1. The van der Waals surface area contributed by atoms with Crippen molar-refractivity contribution in [2.45, 2.75) is 31.8 Å². The number of amides is 1. The van der Waals surface area contributed by atoms with Crippen LogP contribution in [0.25, 0.3) is 0 Å². The molecule has 0 saturated heterocycles. The molecule has 5 heteroatoms. The van der Waals surface area contributed by atoms with Gasteiger partial charge in [0.05, 0.1) is 11.4 Å². The summed E-state index contributed by atoms with van der Waals surface area (Å²) in [6.45, 7) is 1.89. The summed E-state index contributed by atoms with van der Waals surface area (Å²) in [7, 11) is 1.89. The highest BCUT2D eigenvalue weighted by molar-refractivity contribution is 9.10. The summed E-state index contributed by atoms with van der Waals surface area (Å²) in [5.41, 5.74) is 7.51. The molecule has 1 aromatic rings. The molecule has 98 valence electrons. The molecule has 18 heavy (non-hydrogen) atoms. The maximum atomic E-state index is 12.0. The second kappa shape index (κ2) is 5.18. The van der Waals surface area contributed by atoms with Crippen LogP contribution in [0.2, 0.25) is 0 Å². The first-order valence-corrected chi connectivity index (χ1v) is 6.86. The zero-order chi connectivity index (χ0) is 13.3. The van der Waals surface area contributed by atoms with Crippen LogP contribution in [-0.4, -0.2) is 25.0 Å². The summed E-state index contributed by atoms with van der Waals surface area (Å²) < 4.78 is 0.937. The molecule has 0 heterocycles. The average molecular weight is 312 g/mol. The van der Waals surface area contributed by atoms with Crippen LogP contribution in [-0.2, 0) is 4.79 Å². The van der Waals surface area contributed by atoms with Gasteiger partial charge >= 0.3 is 0 Å². The molecular formula is C13H18BrN3O. The summed E-state index contributed by atoms with van der Waals surface area (Å²) in [5.74, 6) is 0.0577. The van der Waals surface area contributed by atoms with E-state index in [2.05, 4.69) is 21.2 Å². The number of carbonyl (C=O) groups is 1. The third kappa shape index (κ3) is 2.96. The van der Waals surface area contributed by atoms with Crippen LogP contribution in [0.4, 0.5) is 11.4 Å². The lowest BCUT2D eigenvalue weighted by molar-refractivity contribution is -0.122. The minimum atomic E-state index is -0.228. The van der Waals surface area contributed by atoms with Gasteiger partial charge in [0.15, 0.2) is 0 Å². The third-order valence-electron chi connectivity index (χ3n) is 3.25. The van der Waals surface area contributed by atoms with E-state index in [9.17, 15) is 4.79 Å². The smallest absolute Gasteiger partial charge is 0.242 e. The topological polar surface area (TPSA) is 58.4 Å². The molecule has 1 atom stereocenters. The summed E-state index contributed by atoms with van der Waals surface area (Å²) in [5, 5.41) is 3.00. The highest BCUT2D eigenvalue weighted by Crippen LogP contribution is 2.27. The fourth-order valence-electron chi connectivity index (χ4n) is 1.78. The second-order valence-electron chi connectivity index (χ2n) is 4.77. The van der Waals surface area contributed by atoms with Gasteiger partial charge in [-0.15, -0.1) is 0 Å². The van der Waals surface area contributed by atoms with Crippen molar-refractivity contribution in [2.75, 3.05) is 17.7 Å². The van der Waals surface area contributed by atoms with E-state index in [0.717, 1.165) is 23.0 Å². The predicted molar refractivity (Wildman–Crippen MR) is 77.6 cm³/mol. The fraction of sp³-hybridized carbons (Fsp3) is 0.462. The molecule has 0 radical (unpaired) electrons. The Hall–Kier alpha value is -1.23. The van der Waals surface area contributed by atoms with E-state index in [4.69, 9.17) is 5.73 Å². The summed E-state index contributed by atoms with van der Waals surface area (Å²) >= 11 is 3.37. The van der Waals surface area contributed by atoms with Gasteiger partial charge in [-0.1, -0.05) is 15.9 Å². The van der Waals surface area contributed by atoms with Crippen LogP contribution >= 0.6 is 15.9 Å². The molecule has 0 aromatic heterocycles. The normalized spacial score (nSPS) is 16.2. The van der Waals surface area contributed by atoms with E-state index in [0.29, 0.717) is 11.7 Å². The highest BCUT2D eigenvalue weighted by atomic mass is 79.9. The van der Waals surface area contributed by atoms with Crippen LogP contribution < -0.4 is 16.0 Å². The van der Waals surface area contributed by atoms with E-state index >= 15 is 0 Å². The van der Waals surface area contributed by atoms with Gasteiger partial charge in [0.1, 0.15) is 6.04 Å². The lowest BCUT2D eigenvalue weighted by Crippen LogP contribution is -2.44. The Morgan fingerprint density at radius 1 is 1.56 bits per heavy atom. The van der Waals surface area contributed by atoms with Gasteiger partial charge in [0.25, 0.3) is 0 Å². The van der Waals surface area contributed by atoms with E-state index in [1.807, 2.05) is 37.1 Å². The summed E-state index contributed by atoms with van der Waals surface area (Å²) in [6.07, 6.45) is 2.20. The van der Waals surface area contributed by atoms with Crippen molar-refractivity contribution in [3.63, 3.8) is 0 Å². The Morgan fingerprint density at radius 2 is 2.22 bits per heavy atom. The van der Waals surface area contributed by atoms with Crippen molar-refractivity contribution in [2.24, 2.45) is 0 Å². The molecule has 4 nitrogen and oxygen atoms in total. The molecule has 2 rings (SSSR count). The zero-order valence-electron chi connectivity index (χ0n) is 10.6. The number of likely N-dealkylation sites (N-methyl/N-ethyl adjacent to an activating group) is 1. The fourth-order valence-corrected chi connectivity index (χ4v) is 2.16.